The lowest BCUT2D eigenvalue weighted by molar-refractivity contribution is -0.173. The fourth-order valence-corrected chi connectivity index (χ4v) is 6.93. The number of para-hydroxylation sites is 2. The molecule has 0 aliphatic carbocycles. The Morgan fingerprint density at radius 1 is 0.921 bits per heavy atom. The second-order valence-electron chi connectivity index (χ2n) is 10.4. The summed E-state index contributed by atoms with van der Waals surface area (Å²) in [6.45, 7) is 5.20. The van der Waals surface area contributed by atoms with Crippen LogP contribution in [0.1, 0.15) is 47.9 Å². The van der Waals surface area contributed by atoms with Crippen LogP contribution in [0, 0.1) is 0 Å². The summed E-state index contributed by atoms with van der Waals surface area (Å²) in [6, 6.07) is 13.3. The van der Waals surface area contributed by atoms with Crippen LogP contribution in [0.3, 0.4) is 0 Å². The molecule has 6 nitrogen and oxygen atoms in total. The van der Waals surface area contributed by atoms with E-state index in [1.807, 2.05) is 49.1 Å². The molecule has 1 aromatic heterocycles. The lowest BCUT2D eigenvalue weighted by Gasteiger charge is -2.49. The van der Waals surface area contributed by atoms with Gasteiger partial charge in [0.05, 0.1) is 11.4 Å². The first-order valence-electron chi connectivity index (χ1n) is 11.9. The van der Waals surface area contributed by atoms with Gasteiger partial charge < -0.3 is 4.90 Å². The van der Waals surface area contributed by atoms with Crippen LogP contribution < -0.4 is 10.2 Å². The summed E-state index contributed by atoms with van der Waals surface area (Å²) in [5, 5.41) is 2.45. The monoisotopic (exact) mass is 537 g/mol. The molecule has 10 heteroatoms. The van der Waals surface area contributed by atoms with Crippen LogP contribution in [0.2, 0.25) is 0 Å². The number of carbonyl (C=O) groups is 3. The SMILES string of the molecule is CN1C(=O)NC(=O)/C(=C\c2cc3c(s2)N2c4ccccc4C(C)(C)c4cccc(c42)C3(C)C(F)(F)F)C1=O. The number of likely N-dealkylation sites (N-methyl/N-ethyl adjacent to an activating group) is 1. The van der Waals surface area contributed by atoms with E-state index in [9.17, 15) is 14.4 Å². The Hall–Kier alpha value is -3.92. The van der Waals surface area contributed by atoms with Crippen molar-refractivity contribution in [3.8, 4) is 0 Å². The number of anilines is 3. The Labute approximate surface area is 220 Å². The second-order valence-corrected chi connectivity index (χ2v) is 11.4. The van der Waals surface area contributed by atoms with Crippen molar-refractivity contribution in [2.24, 2.45) is 0 Å². The number of urea groups is 1. The van der Waals surface area contributed by atoms with Crippen LogP contribution in [0.4, 0.5) is 34.3 Å². The molecular formula is C28H22F3N3O3S. The topological polar surface area (TPSA) is 69.7 Å². The minimum atomic E-state index is -4.64. The van der Waals surface area contributed by atoms with Gasteiger partial charge in [0.25, 0.3) is 11.8 Å². The highest BCUT2D eigenvalue weighted by molar-refractivity contribution is 7.17. The van der Waals surface area contributed by atoms with Crippen molar-refractivity contribution < 1.29 is 27.6 Å². The predicted molar refractivity (Wildman–Crippen MR) is 138 cm³/mol. The van der Waals surface area contributed by atoms with Gasteiger partial charge in [-0.3, -0.25) is 19.8 Å². The van der Waals surface area contributed by atoms with Crippen molar-refractivity contribution in [2.75, 3.05) is 11.9 Å². The highest BCUT2D eigenvalue weighted by Crippen LogP contribution is 2.64. The number of barbiturate groups is 1. The number of benzene rings is 2. The number of hydrogen-bond acceptors (Lipinski definition) is 5. The fraction of sp³-hybridized carbons (Fsp3) is 0.250. The van der Waals surface area contributed by atoms with E-state index in [4.69, 9.17) is 0 Å². The third kappa shape index (κ3) is 2.97. The molecule has 6 rings (SSSR count). The van der Waals surface area contributed by atoms with Crippen LogP contribution in [0.15, 0.2) is 54.1 Å². The molecule has 1 atom stereocenters. The van der Waals surface area contributed by atoms with Crippen molar-refractivity contribution in [3.05, 3.63) is 81.2 Å². The maximum absolute atomic E-state index is 15.0. The summed E-state index contributed by atoms with van der Waals surface area (Å²) in [5.74, 6) is -1.71. The van der Waals surface area contributed by atoms with Crippen LogP contribution >= 0.6 is 11.3 Å². The number of hydrogen-bond donors (Lipinski definition) is 1. The van der Waals surface area contributed by atoms with E-state index in [2.05, 4.69) is 5.32 Å². The van der Waals surface area contributed by atoms with E-state index in [0.717, 1.165) is 33.1 Å². The minimum absolute atomic E-state index is 0.0362. The third-order valence-electron chi connectivity index (χ3n) is 7.92. The highest BCUT2D eigenvalue weighted by atomic mass is 32.1. The number of nitrogens with one attached hydrogen (secondary N) is 1. The zero-order chi connectivity index (χ0) is 27.4. The maximum Gasteiger partial charge on any atom is 0.402 e. The molecule has 4 amide bonds. The van der Waals surface area contributed by atoms with Crippen molar-refractivity contribution in [3.63, 3.8) is 0 Å². The first kappa shape index (κ1) is 24.4. The van der Waals surface area contributed by atoms with E-state index in [1.165, 1.54) is 32.2 Å². The summed E-state index contributed by atoms with van der Waals surface area (Å²) >= 11 is 1.07. The van der Waals surface area contributed by atoms with Crippen molar-refractivity contribution in [1.82, 2.24) is 10.2 Å². The average molecular weight is 538 g/mol. The molecule has 38 heavy (non-hydrogen) atoms. The Balaban J connectivity index is 1.65. The van der Waals surface area contributed by atoms with E-state index in [-0.39, 0.29) is 16.7 Å². The van der Waals surface area contributed by atoms with Crippen LogP contribution in [0.25, 0.3) is 6.08 Å². The Bertz CT molecular complexity index is 1620. The lowest BCUT2D eigenvalue weighted by atomic mass is 9.66. The standard InChI is InChI=1S/C28H22F3N3O3S/c1-26(2)16-8-5-6-11-20(16)34-21-17(26)9-7-10-18(21)27(3,28(29,30)31)19-13-14(38-24(19)34)12-15-22(35)32-25(37)33(4)23(15)36/h5-13H,1-4H3,(H,32,35,37)/b15-12+. The molecule has 3 aromatic rings. The number of rotatable bonds is 1. The summed E-state index contributed by atoms with van der Waals surface area (Å²) in [6.07, 6.45) is -3.38. The second kappa shape index (κ2) is 7.57. The molecule has 0 saturated carbocycles. The smallest absolute Gasteiger partial charge is 0.301 e. The number of amides is 4. The average Bonchev–Trinajstić information content (AvgIpc) is 3.28. The largest absolute Gasteiger partial charge is 0.402 e. The van der Waals surface area contributed by atoms with E-state index in [0.29, 0.717) is 15.6 Å². The first-order valence-corrected chi connectivity index (χ1v) is 12.7. The number of thiophene rings is 1. The number of fused-ring (bicyclic) bond motifs is 4. The van der Waals surface area contributed by atoms with E-state index < -0.39 is 34.9 Å². The van der Waals surface area contributed by atoms with Crippen molar-refractivity contribution in [1.29, 1.82) is 0 Å². The molecule has 0 bridgehead atoms. The van der Waals surface area contributed by atoms with Crippen molar-refractivity contribution in [2.45, 2.75) is 37.8 Å². The molecule has 0 radical (unpaired) electrons. The van der Waals surface area contributed by atoms with Gasteiger partial charge in [0.2, 0.25) is 0 Å². The molecule has 1 unspecified atom stereocenters. The van der Waals surface area contributed by atoms with Crippen LogP contribution in [0.5, 0.6) is 0 Å². The van der Waals surface area contributed by atoms with Gasteiger partial charge in [-0.15, -0.1) is 11.3 Å². The molecule has 1 fully saturated rings. The quantitative estimate of drug-likeness (QED) is 0.300. The number of nitrogens with zero attached hydrogens (tertiary/aromatic N) is 2. The molecule has 3 aliphatic rings. The number of halogens is 3. The molecular weight excluding hydrogens is 515 g/mol. The summed E-state index contributed by atoms with van der Waals surface area (Å²) in [5.41, 5.74) is 0.00618. The fourth-order valence-electron chi connectivity index (χ4n) is 5.70. The molecule has 0 spiro atoms. The van der Waals surface area contributed by atoms with Crippen LogP contribution in [-0.2, 0) is 20.4 Å². The molecule has 1 saturated heterocycles. The van der Waals surface area contributed by atoms with E-state index in [1.54, 1.807) is 6.07 Å². The maximum atomic E-state index is 15.0. The van der Waals surface area contributed by atoms with Gasteiger partial charge in [0.1, 0.15) is 16.0 Å². The Morgan fingerprint density at radius 3 is 2.29 bits per heavy atom. The lowest BCUT2D eigenvalue weighted by Crippen LogP contribution is -2.52. The summed E-state index contributed by atoms with van der Waals surface area (Å²) in [4.78, 5) is 39.8. The van der Waals surface area contributed by atoms with Gasteiger partial charge in [-0.25, -0.2) is 4.79 Å². The van der Waals surface area contributed by atoms with Gasteiger partial charge in [-0.2, -0.15) is 13.2 Å². The summed E-state index contributed by atoms with van der Waals surface area (Å²) < 4.78 is 45.1. The number of imide groups is 2. The molecule has 3 aliphatic heterocycles. The predicted octanol–water partition coefficient (Wildman–Crippen LogP) is 6.13. The molecule has 2 aromatic carbocycles. The summed E-state index contributed by atoms with van der Waals surface area (Å²) in [7, 11) is 1.22. The zero-order valence-electron chi connectivity index (χ0n) is 20.9. The van der Waals surface area contributed by atoms with Gasteiger partial charge in [0, 0.05) is 22.9 Å². The highest BCUT2D eigenvalue weighted by Gasteiger charge is 2.60. The van der Waals surface area contributed by atoms with Crippen molar-refractivity contribution >= 4 is 51.6 Å². The molecule has 194 valence electrons. The third-order valence-corrected chi connectivity index (χ3v) is 8.99. The molecule has 1 N–H and O–H groups in total. The van der Waals surface area contributed by atoms with Crippen LogP contribution in [-0.4, -0.2) is 36.0 Å². The zero-order valence-corrected chi connectivity index (χ0v) is 21.7. The number of carbonyl (C=O) groups excluding carboxylic acids is 3. The Kier molecular flexibility index (Phi) is 4.86. The van der Waals surface area contributed by atoms with E-state index >= 15 is 13.2 Å². The van der Waals surface area contributed by atoms with Gasteiger partial charge in [-0.05, 0) is 41.8 Å². The Morgan fingerprint density at radius 2 is 1.58 bits per heavy atom. The molecule has 4 heterocycles. The number of alkyl halides is 3. The normalized spacial score (nSPS) is 22.7. The minimum Gasteiger partial charge on any atom is -0.301 e. The van der Waals surface area contributed by atoms with Gasteiger partial charge >= 0.3 is 12.2 Å². The van der Waals surface area contributed by atoms with Gasteiger partial charge in [0.15, 0.2) is 0 Å². The first-order chi connectivity index (χ1) is 17.8. The van der Waals surface area contributed by atoms with Gasteiger partial charge in [-0.1, -0.05) is 50.2 Å².